The zero-order valence-corrected chi connectivity index (χ0v) is 8.79. The Morgan fingerprint density at radius 1 is 1.44 bits per heavy atom. The highest BCUT2D eigenvalue weighted by molar-refractivity contribution is 5.69. The van der Waals surface area contributed by atoms with Gasteiger partial charge in [-0.05, 0) is 24.1 Å². The Balaban J connectivity index is 2.59. The van der Waals surface area contributed by atoms with Gasteiger partial charge in [0.05, 0.1) is 5.69 Å². The smallest absolute Gasteiger partial charge is 0.165 e. The lowest BCUT2D eigenvalue weighted by atomic mass is 10.0. The van der Waals surface area contributed by atoms with E-state index in [0.717, 1.165) is 5.56 Å². The largest absolute Gasteiger partial charge is 0.504 e. The molecule has 0 bridgehead atoms. The standard InChI is InChI=1S/C11H12FN3O/c1-2-6-3-7(11(16)8(12)4-6)9-5-10(13)15-14-9/h3-5,16H,2H2,1H3,(H3,13,14,15). The van der Waals surface area contributed by atoms with Gasteiger partial charge in [0.1, 0.15) is 5.82 Å². The van der Waals surface area contributed by atoms with Crippen LogP contribution in [0.25, 0.3) is 11.3 Å². The first-order chi connectivity index (χ1) is 7.61. The van der Waals surface area contributed by atoms with Gasteiger partial charge in [0.25, 0.3) is 0 Å². The van der Waals surface area contributed by atoms with Crippen molar-refractivity contribution in [1.82, 2.24) is 10.2 Å². The zero-order valence-electron chi connectivity index (χ0n) is 8.79. The van der Waals surface area contributed by atoms with Crippen LogP contribution in [-0.2, 0) is 6.42 Å². The number of nitrogens with one attached hydrogen (secondary N) is 1. The maximum Gasteiger partial charge on any atom is 0.165 e. The first-order valence-electron chi connectivity index (χ1n) is 4.94. The van der Waals surface area contributed by atoms with E-state index >= 15 is 0 Å². The van der Waals surface area contributed by atoms with Crippen molar-refractivity contribution in [3.63, 3.8) is 0 Å². The normalized spacial score (nSPS) is 10.6. The van der Waals surface area contributed by atoms with Crippen LogP contribution in [0.2, 0.25) is 0 Å². The lowest BCUT2D eigenvalue weighted by Gasteiger charge is -2.06. The molecular weight excluding hydrogens is 209 g/mol. The van der Waals surface area contributed by atoms with Crippen LogP contribution in [-0.4, -0.2) is 15.3 Å². The fourth-order valence-corrected chi connectivity index (χ4v) is 1.54. The van der Waals surface area contributed by atoms with Crippen molar-refractivity contribution in [2.45, 2.75) is 13.3 Å². The molecule has 5 heteroatoms. The van der Waals surface area contributed by atoms with Crippen molar-refractivity contribution in [2.24, 2.45) is 0 Å². The van der Waals surface area contributed by atoms with Gasteiger partial charge < -0.3 is 10.8 Å². The molecule has 0 aliphatic rings. The van der Waals surface area contributed by atoms with Gasteiger partial charge >= 0.3 is 0 Å². The maximum absolute atomic E-state index is 13.4. The predicted molar refractivity (Wildman–Crippen MR) is 59.4 cm³/mol. The van der Waals surface area contributed by atoms with Gasteiger partial charge in [-0.25, -0.2) is 4.39 Å². The zero-order chi connectivity index (χ0) is 11.7. The summed E-state index contributed by atoms with van der Waals surface area (Å²) >= 11 is 0. The summed E-state index contributed by atoms with van der Waals surface area (Å²) in [6.45, 7) is 1.91. The predicted octanol–water partition coefficient (Wildman–Crippen LogP) is 2.07. The van der Waals surface area contributed by atoms with Gasteiger partial charge in [0, 0.05) is 11.6 Å². The number of halogens is 1. The second-order valence-corrected chi connectivity index (χ2v) is 3.53. The summed E-state index contributed by atoms with van der Waals surface area (Å²) in [5.41, 5.74) is 7.14. The van der Waals surface area contributed by atoms with Gasteiger partial charge in [0.2, 0.25) is 0 Å². The van der Waals surface area contributed by atoms with Crippen LogP contribution >= 0.6 is 0 Å². The maximum atomic E-state index is 13.4. The van der Waals surface area contributed by atoms with Crippen molar-refractivity contribution in [3.8, 4) is 17.0 Å². The number of phenols is 1. The molecule has 0 fully saturated rings. The van der Waals surface area contributed by atoms with Gasteiger partial charge in [-0.1, -0.05) is 6.92 Å². The van der Waals surface area contributed by atoms with Gasteiger partial charge in [-0.15, -0.1) is 0 Å². The van der Waals surface area contributed by atoms with E-state index < -0.39 is 5.82 Å². The minimum atomic E-state index is -0.637. The molecule has 1 heterocycles. The number of aryl methyl sites for hydroxylation is 1. The number of phenolic OH excluding ortho intramolecular Hbond substituents is 1. The fraction of sp³-hybridized carbons (Fsp3) is 0.182. The van der Waals surface area contributed by atoms with Crippen molar-refractivity contribution in [3.05, 3.63) is 29.6 Å². The molecule has 1 aromatic carbocycles. The first kappa shape index (κ1) is 10.5. The van der Waals surface area contributed by atoms with Crippen LogP contribution in [0.3, 0.4) is 0 Å². The number of rotatable bonds is 2. The molecule has 84 valence electrons. The van der Waals surface area contributed by atoms with Crippen molar-refractivity contribution in [1.29, 1.82) is 0 Å². The van der Waals surface area contributed by atoms with Gasteiger partial charge in [0.15, 0.2) is 11.6 Å². The second-order valence-electron chi connectivity index (χ2n) is 3.53. The summed E-state index contributed by atoms with van der Waals surface area (Å²) < 4.78 is 13.4. The Morgan fingerprint density at radius 3 is 2.75 bits per heavy atom. The van der Waals surface area contributed by atoms with E-state index in [0.29, 0.717) is 23.5 Å². The molecule has 4 N–H and O–H groups in total. The molecule has 16 heavy (non-hydrogen) atoms. The molecule has 0 amide bonds. The third-order valence-electron chi connectivity index (χ3n) is 2.42. The number of nitrogen functional groups attached to an aromatic ring is 1. The van der Waals surface area contributed by atoms with Crippen LogP contribution in [0.15, 0.2) is 18.2 Å². The van der Waals surface area contributed by atoms with Crippen LogP contribution in [0.5, 0.6) is 5.75 Å². The summed E-state index contributed by atoms with van der Waals surface area (Å²) in [6.07, 6.45) is 0.688. The highest BCUT2D eigenvalue weighted by Gasteiger charge is 2.12. The molecule has 0 atom stereocenters. The molecule has 2 rings (SSSR count). The van der Waals surface area contributed by atoms with Crippen LogP contribution in [0.1, 0.15) is 12.5 Å². The molecule has 1 aromatic heterocycles. The molecule has 0 saturated heterocycles. The van der Waals surface area contributed by atoms with E-state index in [1.807, 2.05) is 6.92 Å². The Kier molecular flexibility index (Phi) is 2.52. The van der Waals surface area contributed by atoms with E-state index in [1.54, 1.807) is 12.1 Å². The molecular formula is C11H12FN3O. The molecule has 4 nitrogen and oxygen atoms in total. The number of aromatic amines is 1. The number of aromatic hydroxyl groups is 1. The summed E-state index contributed by atoms with van der Waals surface area (Å²) in [6, 6.07) is 4.58. The summed E-state index contributed by atoms with van der Waals surface area (Å²) in [5, 5.41) is 16.0. The van der Waals surface area contributed by atoms with E-state index in [1.165, 1.54) is 6.07 Å². The van der Waals surface area contributed by atoms with Crippen molar-refractivity contribution in [2.75, 3.05) is 5.73 Å². The molecule has 2 aromatic rings. The minimum Gasteiger partial charge on any atom is -0.504 e. The number of anilines is 1. The SMILES string of the molecule is CCc1cc(F)c(O)c(-c2cc(N)n[nH]2)c1. The van der Waals surface area contributed by atoms with Crippen LogP contribution in [0, 0.1) is 5.82 Å². The Morgan fingerprint density at radius 2 is 2.19 bits per heavy atom. The third kappa shape index (κ3) is 1.71. The van der Waals surface area contributed by atoms with E-state index in [9.17, 15) is 9.50 Å². The first-order valence-corrected chi connectivity index (χ1v) is 4.94. The lowest BCUT2D eigenvalue weighted by Crippen LogP contribution is -1.89. The Hall–Kier alpha value is -2.04. The quantitative estimate of drug-likeness (QED) is 0.726. The summed E-state index contributed by atoms with van der Waals surface area (Å²) in [7, 11) is 0. The average molecular weight is 221 g/mol. The Labute approximate surface area is 91.9 Å². The van der Waals surface area contributed by atoms with Crippen molar-refractivity contribution >= 4 is 5.82 Å². The molecule has 0 radical (unpaired) electrons. The third-order valence-corrected chi connectivity index (χ3v) is 2.42. The fourth-order valence-electron chi connectivity index (χ4n) is 1.54. The van der Waals surface area contributed by atoms with E-state index in [-0.39, 0.29) is 5.75 Å². The number of hydrogen-bond acceptors (Lipinski definition) is 3. The molecule has 0 unspecified atom stereocenters. The lowest BCUT2D eigenvalue weighted by molar-refractivity contribution is 0.433. The minimum absolute atomic E-state index is 0.303. The van der Waals surface area contributed by atoms with Gasteiger partial charge in [-0.2, -0.15) is 5.10 Å². The molecule has 0 aliphatic heterocycles. The molecule has 0 spiro atoms. The molecule has 0 saturated carbocycles. The van der Waals surface area contributed by atoms with Crippen LogP contribution in [0.4, 0.5) is 10.2 Å². The Bertz CT molecular complexity index is 522. The van der Waals surface area contributed by atoms with Crippen molar-refractivity contribution < 1.29 is 9.50 Å². The average Bonchev–Trinajstić information content (AvgIpc) is 2.68. The number of hydrogen-bond donors (Lipinski definition) is 3. The van der Waals surface area contributed by atoms with Gasteiger partial charge in [-0.3, -0.25) is 5.10 Å². The molecule has 0 aliphatic carbocycles. The number of benzene rings is 1. The van der Waals surface area contributed by atoms with E-state index in [2.05, 4.69) is 10.2 Å². The number of H-pyrrole nitrogens is 1. The number of nitrogens with two attached hydrogens (primary N) is 1. The van der Waals surface area contributed by atoms with Crippen LogP contribution < -0.4 is 5.73 Å². The number of aromatic nitrogens is 2. The number of nitrogens with zero attached hydrogens (tertiary/aromatic N) is 1. The van der Waals surface area contributed by atoms with E-state index in [4.69, 9.17) is 5.73 Å². The monoisotopic (exact) mass is 221 g/mol. The summed E-state index contributed by atoms with van der Waals surface area (Å²) in [5.74, 6) is -0.722. The topological polar surface area (TPSA) is 74.9 Å². The summed E-state index contributed by atoms with van der Waals surface area (Å²) in [4.78, 5) is 0. The highest BCUT2D eigenvalue weighted by Crippen LogP contribution is 2.32. The second kappa shape index (κ2) is 3.84. The highest BCUT2D eigenvalue weighted by atomic mass is 19.1.